The molecule has 0 bridgehead atoms. The van der Waals surface area contributed by atoms with Crippen molar-refractivity contribution in [1.82, 2.24) is 10.6 Å². The van der Waals surface area contributed by atoms with Gasteiger partial charge in [0, 0.05) is 11.6 Å². The van der Waals surface area contributed by atoms with Crippen molar-refractivity contribution >= 4 is 35.5 Å². The first-order valence-electron chi connectivity index (χ1n) is 25.0. The smallest absolute Gasteiger partial charge is 0.407 e. The molecule has 0 spiro atoms. The minimum absolute atomic E-state index is 0.0460. The van der Waals surface area contributed by atoms with Gasteiger partial charge in [0.25, 0.3) is 0 Å². The first-order chi connectivity index (χ1) is 32.2. The van der Waals surface area contributed by atoms with Gasteiger partial charge in [0.1, 0.15) is 18.2 Å². The maximum Gasteiger partial charge on any atom is 0.407 e. The molecule has 7 atom stereocenters. The second-order valence-corrected chi connectivity index (χ2v) is 22.7. The number of nitrogens with one attached hydrogen (secondary N) is 3. The number of ether oxygens (including phenoxy) is 2. The van der Waals surface area contributed by atoms with Gasteiger partial charge in [0.2, 0.25) is 17.7 Å². The number of fused-ring (bicyclic) bond motifs is 9. The van der Waals surface area contributed by atoms with Crippen LogP contribution in [0, 0.1) is 29.6 Å². The maximum absolute atomic E-state index is 14.8. The fourth-order valence-corrected chi connectivity index (χ4v) is 13.8. The SMILES string of the molecule is Cc1ccc2c(c1)[C@@]1(C)CCC[C@](C)(C(=O)NC(=O)[C@@]3(C)CCC[C@]4(C)c5cc(NC(=O)[C@H](CC(=O)OC(C)(C)C)NC(=O)OCC6c7ccccc7-c7ccccc76)ccc5CC[C@@H]34)[C@@H]1CC2. The van der Waals surface area contributed by atoms with E-state index < -0.39 is 52.3 Å². The van der Waals surface area contributed by atoms with Gasteiger partial charge >= 0.3 is 12.1 Å². The molecule has 10 heteroatoms. The Kier molecular flexibility index (Phi) is 12.3. The molecule has 5 aliphatic rings. The standard InChI is InChI=1S/C58H69N3O7/c1-35-19-20-36-22-25-47-55(5,44(36)31-35)27-13-29-57(47,7)51(64)61-52(65)58(8)30-14-28-56(6)45-32-38(24-21-37(45)23-26-48(56)58)59-50(63)46(33-49(62)68-54(2,3)4)60-53(66)67-34-43-41-17-11-9-15-39(41)40-16-10-12-18-42(40)43/h9-12,15-21,24,31-32,43,46-48H,13-14,22-23,25-30,33-34H2,1-8H3,(H,59,63)(H,60,66)(H,61,64,65)/t46-,47+,48+,55+,56+,57-,58-/m0/s1. The highest BCUT2D eigenvalue weighted by Crippen LogP contribution is 2.60. The number of amides is 4. The first-order valence-corrected chi connectivity index (χ1v) is 25.0. The maximum atomic E-state index is 14.8. The lowest BCUT2D eigenvalue weighted by atomic mass is 9.49. The van der Waals surface area contributed by atoms with Crippen LogP contribution in [0.1, 0.15) is 151 Å². The third-order valence-corrected chi connectivity index (χ3v) is 17.1. The van der Waals surface area contributed by atoms with E-state index in [1.165, 1.54) is 16.7 Å². The molecule has 2 saturated carbocycles. The highest BCUT2D eigenvalue weighted by Gasteiger charge is 2.58. The minimum Gasteiger partial charge on any atom is -0.460 e. The Balaban J connectivity index is 0.907. The number of carbonyl (C=O) groups is 5. The van der Waals surface area contributed by atoms with Crippen LogP contribution in [0.5, 0.6) is 0 Å². The van der Waals surface area contributed by atoms with E-state index >= 15 is 0 Å². The van der Waals surface area contributed by atoms with Crippen molar-refractivity contribution in [2.24, 2.45) is 22.7 Å². The van der Waals surface area contributed by atoms with Crippen molar-refractivity contribution in [3.05, 3.63) is 124 Å². The second kappa shape index (κ2) is 17.6. The Morgan fingerprint density at radius 3 is 1.78 bits per heavy atom. The quantitative estimate of drug-likeness (QED) is 0.112. The summed E-state index contributed by atoms with van der Waals surface area (Å²) in [6.45, 7) is 16.2. The summed E-state index contributed by atoms with van der Waals surface area (Å²) < 4.78 is 11.4. The summed E-state index contributed by atoms with van der Waals surface area (Å²) in [6, 6.07) is 27.5. The average molecular weight is 920 g/mol. The van der Waals surface area contributed by atoms with E-state index in [1.807, 2.05) is 54.6 Å². The molecule has 0 saturated heterocycles. The zero-order valence-electron chi connectivity index (χ0n) is 41.2. The van der Waals surface area contributed by atoms with E-state index in [0.717, 1.165) is 91.2 Å². The van der Waals surface area contributed by atoms with E-state index in [-0.39, 0.29) is 41.6 Å². The van der Waals surface area contributed by atoms with Crippen molar-refractivity contribution in [3.63, 3.8) is 0 Å². The lowest BCUT2D eigenvalue weighted by molar-refractivity contribution is -0.156. The molecular formula is C58H69N3O7. The normalized spacial score (nSPS) is 27.4. The molecule has 0 aliphatic heterocycles. The Labute approximate surface area is 402 Å². The molecule has 4 amide bonds. The number of hydrogen-bond acceptors (Lipinski definition) is 7. The summed E-state index contributed by atoms with van der Waals surface area (Å²) in [4.78, 5) is 70.5. The van der Waals surface area contributed by atoms with E-state index in [1.54, 1.807) is 20.8 Å². The number of esters is 1. The number of carbonyl (C=O) groups excluding carboxylic acids is 5. The monoisotopic (exact) mass is 920 g/mol. The van der Waals surface area contributed by atoms with Crippen LogP contribution in [0.3, 0.4) is 0 Å². The number of alkyl carbamates (subject to hydrolysis) is 1. The Bertz CT molecular complexity index is 2640. The topological polar surface area (TPSA) is 140 Å². The molecule has 0 heterocycles. The van der Waals surface area contributed by atoms with Crippen molar-refractivity contribution in [2.45, 2.75) is 154 Å². The predicted octanol–water partition coefficient (Wildman–Crippen LogP) is 10.9. The highest BCUT2D eigenvalue weighted by molar-refractivity contribution is 6.01. The van der Waals surface area contributed by atoms with Gasteiger partial charge < -0.3 is 20.1 Å². The van der Waals surface area contributed by atoms with Crippen LogP contribution in [0.2, 0.25) is 0 Å². The van der Waals surface area contributed by atoms with Crippen LogP contribution < -0.4 is 16.0 Å². The number of imide groups is 1. The Hall–Kier alpha value is -5.77. The fraction of sp³-hybridized carbons (Fsp3) is 0.500. The van der Waals surface area contributed by atoms with Gasteiger partial charge in [-0.1, -0.05) is 119 Å². The largest absolute Gasteiger partial charge is 0.460 e. The molecule has 3 N–H and O–H groups in total. The van der Waals surface area contributed by atoms with Gasteiger partial charge in [0.15, 0.2) is 0 Å². The number of hydrogen-bond donors (Lipinski definition) is 3. The lowest BCUT2D eigenvalue weighted by Crippen LogP contribution is -2.60. The summed E-state index contributed by atoms with van der Waals surface area (Å²) >= 11 is 0. The summed E-state index contributed by atoms with van der Waals surface area (Å²) in [6.07, 6.45) is 7.23. The zero-order valence-corrected chi connectivity index (χ0v) is 41.2. The van der Waals surface area contributed by atoms with E-state index in [2.05, 4.69) is 80.9 Å². The van der Waals surface area contributed by atoms with Gasteiger partial charge in [-0.3, -0.25) is 24.5 Å². The molecule has 0 radical (unpaired) electrons. The van der Waals surface area contributed by atoms with Gasteiger partial charge in [-0.15, -0.1) is 0 Å². The summed E-state index contributed by atoms with van der Waals surface area (Å²) in [5.41, 5.74) is 8.21. The molecule has 10 nitrogen and oxygen atoms in total. The van der Waals surface area contributed by atoms with Crippen LogP contribution in [-0.2, 0) is 52.3 Å². The molecule has 358 valence electrons. The minimum atomic E-state index is -1.30. The number of rotatable bonds is 9. The molecule has 4 aromatic rings. The summed E-state index contributed by atoms with van der Waals surface area (Å²) in [7, 11) is 0. The van der Waals surface area contributed by atoms with Gasteiger partial charge in [-0.25, -0.2) is 4.79 Å². The lowest BCUT2D eigenvalue weighted by Gasteiger charge is -2.56. The predicted molar refractivity (Wildman–Crippen MR) is 264 cm³/mol. The van der Waals surface area contributed by atoms with E-state index in [9.17, 15) is 24.0 Å². The molecule has 9 rings (SSSR count). The molecular weight excluding hydrogens is 851 g/mol. The molecule has 0 unspecified atom stereocenters. The van der Waals surface area contributed by atoms with Crippen LogP contribution in [0.4, 0.5) is 10.5 Å². The van der Waals surface area contributed by atoms with Crippen molar-refractivity contribution in [2.75, 3.05) is 11.9 Å². The number of aryl methyl sites for hydroxylation is 3. The van der Waals surface area contributed by atoms with E-state index in [0.29, 0.717) is 12.1 Å². The average Bonchev–Trinajstić information content (AvgIpc) is 3.61. The van der Waals surface area contributed by atoms with E-state index in [4.69, 9.17) is 9.47 Å². The molecule has 2 fully saturated rings. The van der Waals surface area contributed by atoms with Crippen LogP contribution in [0.25, 0.3) is 11.1 Å². The Morgan fingerprint density at radius 2 is 1.22 bits per heavy atom. The van der Waals surface area contributed by atoms with Crippen molar-refractivity contribution in [1.29, 1.82) is 0 Å². The van der Waals surface area contributed by atoms with Crippen molar-refractivity contribution < 1.29 is 33.4 Å². The molecule has 0 aromatic heterocycles. The third-order valence-electron chi connectivity index (χ3n) is 17.1. The van der Waals surface area contributed by atoms with Crippen LogP contribution in [0.15, 0.2) is 84.9 Å². The molecule has 4 aromatic carbocycles. The number of benzene rings is 4. The third kappa shape index (κ3) is 8.44. The fourth-order valence-electron chi connectivity index (χ4n) is 13.8. The molecule has 68 heavy (non-hydrogen) atoms. The van der Waals surface area contributed by atoms with Crippen LogP contribution in [-0.4, -0.2) is 48.0 Å². The van der Waals surface area contributed by atoms with Gasteiger partial charge in [-0.2, -0.15) is 0 Å². The highest BCUT2D eigenvalue weighted by atomic mass is 16.6. The van der Waals surface area contributed by atoms with Crippen LogP contribution >= 0.6 is 0 Å². The number of anilines is 1. The first kappa shape index (κ1) is 47.3. The van der Waals surface area contributed by atoms with Crippen molar-refractivity contribution in [3.8, 4) is 11.1 Å². The van der Waals surface area contributed by atoms with Gasteiger partial charge in [-0.05, 0) is 158 Å². The molecule has 5 aliphatic carbocycles. The summed E-state index contributed by atoms with van der Waals surface area (Å²) in [5, 5.41) is 8.76. The van der Waals surface area contributed by atoms with Gasteiger partial charge in [0.05, 0.1) is 17.3 Å². The summed E-state index contributed by atoms with van der Waals surface area (Å²) in [5.74, 6) is -1.66. The Morgan fingerprint density at radius 1 is 0.691 bits per heavy atom. The second-order valence-electron chi connectivity index (χ2n) is 22.7. The zero-order chi connectivity index (χ0) is 48.4.